The highest BCUT2D eigenvalue weighted by molar-refractivity contribution is 5.83. The van der Waals surface area contributed by atoms with Gasteiger partial charge in [0.25, 0.3) is 0 Å². The lowest BCUT2D eigenvalue weighted by Crippen LogP contribution is -2.43. The average Bonchev–Trinajstić information content (AvgIpc) is 3.09. The van der Waals surface area contributed by atoms with Crippen LogP contribution in [0.25, 0.3) is 0 Å². The number of nitrogens with one attached hydrogen (secondary N) is 3. The van der Waals surface area contributed by atoms with Crippen LogP contribution in [0.4, 0.5) is 20.2 Å². The molecule has 220 valence electrons. The maximum absolute atomic E-state index is 12.8. The SMILES string of the molecule is Cc1cc(C[C@H]2CN(C(=O)OC(C)(C)C)C[C@@H]2NCCNC(=O)OC(C)(C)C)nc(NC(=O)OC(C)(C)C)c1. The Morgan fingerprint density at radius 3 is 2.05 bits per heavy atom. The molecule has 0 spiro atoms. The van der Waals surface area contributed by atoms with Crippen molar-refractivity contribution in [3.63, 3.8) is 0 Å². The monoisotopic (exact) mass is 549 g/mol. The van der Waals surface area contributed by atoms with Crippen LogP contribution in [0.1, 0.15) is 73.6 Å². The maximum Gasteiger partial charge on any atom is 0.413 e. The summed E-state index contributed by atoms with van der Waals surface area (Å²) in [7, 11) is 0. The summed E-state index contributed by atoms with van der Waals surface area (Å²) < 4.78 is 16.2. The van der Waals surface area contributed by atoms with E-state index in [1.54, 1.807) is 31.7 Å². The molecular formula is C28H47N5O6. The Morgan fingerprint density at radius 1 is 0.872 bits per heavy atom. The predicted molar refractivity (Wildman–Crippen MR) is 150 cm³/mol. The second-order valence-electron chi connectivity index (χ2n) is 13.0. The molecule has 1 aliphatic heterocycles. The lowest BCUT2D eigenvalue weighted by atomic mass is 9.97. The van der Waals surface area contributed by atoms with E-state index in [4.69, 9.17) is 14.2 Å². The highest BCUT2D eigenvalue weighted by Gasteiger charge is 2.37. The third-order valence-corrected chi connectivity index (χ3v) is 5.42. The van der Waals surface area contributed by atoms with Crippen molar-refractivity contribution in [1.29, 1.82) is 0 Å². The number of hydrogen-bond donors (Lipinski definition) is 3. The molecule has 1 aromatic rings. The number of pyridine rings is 1. The number of rotatable bonds is 7. The van der Waals surface area contributed by atoms with Gasteiger partial charge in [-0.2, -0.15) is 0 Å². The molecule has 11 nitrogen and oxygen atoms in total. The molecule has 39 heavy (non-hydrogen) atoms. The predicted octanol–water partition coefficient (Wildman–Crippen LogP) is 4.63. The zero-order valence-corrected chi connectivity index (χ0v) is 25.2. The van der Waals surface area contributed by atoms with E-state index in [2.05, 4.69) is 20.9 Å². The summed E-state index contributed by atoms with van der Waals surface area (Å²) in [6.45, 7) is 20.1. The quantitative estimate of drug-likeness (QED) is 0.331. The van der Waals surface area contributed by atoms with Gasteiger partial charge in [-0.1, -0.05) is 0 Å². The molecule has 0 unspecified atom stereocenters. The van der Waals surface area contributed by atoms with Crippen LogP contribution in [-0.2, 0) is 20.6 Å². The number of carbonyl (C=O) groups is 3. The first-order valence-electron chi connectivity index (χ1n) is 13.5. The van der Waals surface area contributed by atoms with Crippen molar-refractivity contribution in [3.05, 3.63) is 23.4 Å². The van der Waals surface area contributed by atoms with Crippen LogP contribution < -0.4 is 16.0 Å². The third kappa shape index (κ3) is 12.5. The number of aromatic nitrogens is 1. The number of likely N-dealkylation sites (tertiary alicyclic amines) is 1. The molecular weight excluding hydrogens is 502 g/mol. The molecule has 0 bridgehead atoms. The standard InChI is InChI=1S/C28H47N5O6/c1-18-13-20(31-22(14-18)32-24(35)38-27(5,6)7)15-19-16-33(25(36)39-28(8,9)10)17-21(19)29-11-12-30-23(34)37-26(2,3)4/h13-14,19,21,29H,11-12,15-17H2,1-10H3,(H,30,34)(H,31,32,35)/t19-,21-/m0/s1. The first-order valence-corrected chi connectivity index (χ1v) is 13.5. The topological polar surface area (TPSA) is 131 Å². The highest BCUT2D eigenvalue weighted by Crippen LogP contribution is 2.24. The Bertz CT molecular complexity index is 1010. The summed E-state index contributed by atoms with van der Waals surface area (Å²) in [5, 5.41) is 8.93. The van der Waals surface area contributed by atoms with Crippen LogP contribution >= 0.6 is 0 Å². The fourth-order valence-corrected chi connectivity index (χ4v) is 4.11. The van der Waals surface area contributed by atoms with Crippen molar-refractivity contribution in [2.24, 2.45) is 5.92 Å². The molecule has 3 N–H and O–H groups in total. The summed E-state index contributed by atoms with van der Waals surface area (Å²) in [5.41, 5.74) is -0.0616. The van der Waals surface area contributed by atoms with Crippen LogP contribution in [0, 0.1) is 12.8 Å². The van der Waals surface area contributed by atoms with Crippen LogP contribution in [0.3, 0.4) is 0 Å². The summed E-state index contributed by atoms with van der Waals surface area (Å²) >= 11 is 0. The normalized spacial score (nSPS) is 17.9. The number of hydrogen-bond acceptors (Lipinski definition) is 8. The number of amides is 3. The first kappa shape index (κ1) is 32.1. The second kappa shape index (κ2) is 12.8. The average molecular weight is 550 g/mol. The van der Waals surface area contributed by atoms with Crippen molar-refractivity contribution in [2.75, 3.05) is 31.5 Å². The summed E-state index contributed by atoms with van der Waals surface area (Å²) in [5.74, 6) is 0.440. The molecule has 2 rings (SSSR count). The third-order valence-electron chi connectivity index (χ3n) is 5.42. The molecule has 0 radical (unpaired) electrons. The van der Waals surface area contributed by atoms with E-state index in [1.165, 1.54) is 0 Å². The molecule has 1 aliphatic rings. The number of nitrogens with zero attached hydrogens (tertiary/aromatic N) is 2. The minimum Gasteiger partial charge on any atom is -0.444 e. The minimum absolute atomic E-state index is 0.0303. The van der Waals surface area contributed by atoms with Crippen LogP contribution in [0.15, 0.2) is 12.1 Å². The van der Waals surface area contributed by atoms with Gasteiger partial charge >= 0.3 is 18.3 Å². The van der Waals surface area contributed by atoms with Gasteiger partial charge in [0.2, 0.25) is 0 Å². The smallest absolute Gasteiger partial charge is 0.413 e. The lowest BCUT2D eigenvalue weighted by Gasteiger charge is -2.24. The van der Waals surface area contributed by atoms with E-state index < -0.39 is 29.0 Å². The van der Waals surface area contributed by atoms with E-state index >= 15 is 0 Å². The number of carbonyl (C=O) groups excluding carboxylic acids is 3. The Morgan fingerprint density at radius 2 is 1.46 bits per heavy atom. The van der Waals surface area contributed by atoms with Gasteiger partial charge in [0.05, 0.1) is 0 Å². The van der Waals surface area contributed by atoms with Crippen molar-refractivity contribution in [1.82, 2.24) is 20.5 Å². The van der Waals surface area contributed by atoms with Gasteiger partial charge in [0.1, 0.15) is 22.6 Å². The largest absolute Gasteiger partial charge is 0.444 e. The van der Waals surface area contributed by atoms with E-state index in [0.717, 1.165) is 11.3 Å². The Kier molecular flexibility index (Phi) is 10.6. The molecule has 0 aromatic carbocycles. The molecule has 2 atom stereocenters. The Balaban J connectivity index is 2.10. The van der Waals surface area contributed by atoms with Crippen LogP contribution in [-0.4, -0.2) is 77.2 Å². The zero-order chi connectivity index (χ0) is 29.6. The van der Waals surface area contributed by atoms with Gasteiger partial charge in [0.15, 0.2) is 0 Å². The van der Waals surface area contributed by atoms with E-state index in [9.17, 15) is 14.4 Å². The van der Waals surface area contributed by atoms with E-state index in [1.807, 2.05) is 54.5 Å². The molecule has 0 aliphatic carbocycles. The molecule has 2 heterocycles. The zero-order valence-electron chi connectivity index (χ0n) is 25.2. The van der Waals surface area contributed by atoms with Gasteiger partial charge in [-0.15, -0.1) is 0 Å². The second-order valence-corrected chi connectivity index (χ2v) is 13.0. The fraction of sp³-hybridized carbons (Fsp3) is 0.714. The van der Waals surface area contributed by atoms with Gasteiger partial charge < -0.3 is 29.7 Å². The van der Waals surface area contributed by atoms with Crippen molar-refractivity contribution in [2.45, 2.75) is 98.5 Å². The molecule has 1 fully saturated rings. The van der Waals surface area contributed by atoms with E-state index in [0.29, 0.717) is 38.4 Å². The summed E-state index contributed by atoms with van der Waals surface area (Å²) in [6, 6.07) is 3.70. The molecule has 0 saturated carbocycles. The van der Waals surface area contributed by atoms with Gasteiger partial charge in [-0.3, -0.25) is 5.32 Å². The summed E-state index contributed by atoms with van der Waals surface area (Å²) in [6.07, 6.45) is -0.841. The number of alkyl carbamates (subject to hydrolysis) is 1. The molecule has 1 aromatic heterocycles. The first-order chi connectivity index (χ1) is 17.8. The van der Waals surface area contributed by atoms with Crippen LogP contribution in [0.2, 0.25) is 0 Å². The fourth-order valence-electron chi connectivity index (χ4n) is 4.11. The number of ether oxygens (including phenoxy) is 3. The summed E-state index contributed by atoms with van der Waals surface area (Å²) in [4.78, 5) is 43.4. The molecule has 11 heteroatoms. The maximum atomic E-state index is 12.8. The van der Waals surface area contributed by atoms with E-state index in [-0.39, 0.29) is 18.1 Å². The van der Waals surface area contributed by atoms with Gasteiger partial charge in [-0.25, -0.2) is 19.4 Å². The lowest BCUT2D eigenvalue weighted by molar-refractivity contribution is 0.0285. The van der Waals surface area contributed by atoms with Gasteiger partial charge in [0, 0.05) is 37.9 Å². The van der Waals surface area contributed by atoms with Gasteiger partial charge in [-0.05, 0) is 99.3 Å². The van der Waals surface area contributed by atoms with Crippen molar-refractivity contribution >= 4 is 24.1 Å². The highest BCUT2D eigenvalue weighted by atomic mass is 16.6. The Labute approximate surface area is 232 Å². The molecule has 1 saturated heterocycles. The van der Waals surface area contributed by atoms with Crippen LogP contribution in [0.5, 0.6) is 0 Å². The van der Waals surface area contributed by atoms with Crippen molar-refractivity contribution in [3.8, 4) is 0 Å². The minimum atomic E-state index is -0.622. The number of aryl methyl sites for hydroxylation is 1. The molecule has 3 amide bonds. The Hall–Kier alpha value is -3.08. The van der Waals surface area contributed by atoms with Crippen molar-refractivity contribution < 1.29 is 28.6 Å². The number of anilines is 1.